The summed E-state index contributed by atoms with van der Waals surface area (Å²) in [5.74, 6) is 2.15. The van der Waals surface area contributed by atoms with E-state index in [4.69, 9.17) is 28.4 Å². The maximum atomic E-state index is 12.1. The third-order valence-electron chi connectivity index (χ3n) is 15.7. The van der Waals surface area contributed by atoms with Gasteiger partial charge in [0.15, 0.2) is 18.4 Å². The molecule has 3 saturated carbocycles. The van der Waals surface area contributed by atoms with E-state index in [1.165, 1.54) is 6.92 Å². The van der Waals surface area contributed by atoms with Crippen LogP contribution in [0.25, 0.3) is 0 Å². The van der Waals surface area contributed by atoms with Crippen molar-refractivity contribution in [1.82, 2.24) is 0 Å². The number of aliphatic hydroxyl groups is 7. The largest absolute Gasteiger partial charge is 0.394 e. The molecule has 8 aliphatic rings. The molecule has 0 aromatic heterocycles. The molecule has 22 atom stereocenters. The molecule has 0 bridgehead atoms. The Morgan fingerprint density at radius 2 is 1.60 bits per heavy atom. The minimum atomic E-state index is -1.65. The summed E-state index contributed by atoms with van der Waals surface area (Å²) in [6.45, 7) is 11.0. The zero-order chi connectivity index (χ0) is 37.1. The Bertz CT molecular complexity index is 1340. The zero-order valence-electron chi connectivity index (χ0n) is 31.2. The number of allylic oxidation sites excluding steroid dienone is 1. The van der Waals surface area contributed by atoms with Gasteiger partial charge in [0.2, 0.25) is 0 Å². The van der Waals surface area contributed by atoms with Crippen molar-refractivity contribution in [3.05, 3.63) is 11.6 Å². The minimum absolute atomic E-state index is 0.150. The summed E-state index contributed by atoms with van der Waals surface area (Å²) in [5.41, 5.74) is 0.868. The summed E-state index contributed by atoms with van der Waals surface area (Å²) in [7, 11) is 0. The molecular weight excluding hydrogens is 676 g/mol. The molecule has 4 saturated heterocycles. The highest BCUT2D eigenvalue weighted by Crippen LogP contribution is 2.70. The molecule has 1 spiro atoms. The number of rotatable bonds is 5. The predicted molar refractivity (Wildman–Crippen MR) is 183 cm³/mol. The first kappa shape index (κ1) is 38.1. The highest BCUT2D eigenvalue weighted by atomic mass is 16.8. The fourth-order valence-electron chi connectivity index (χ4n) is 12.6. The molecule has 4 aliphatic carbocycles. The third kappa shape index (κ3) is 5.74. The normalized spacial score (nSPS) is 58.9. The average Bonchev–Trinajstić information content (AvgIpc) is 3.56. The molecule has 4 aliphatic heterocycles. The van der Waals surface area contributed by atoms with Crippen LogP contribution < -0.4 is 0 Å². The second-order valence-electron chi connectivity index (χ2n) is 18.3. The van der Waals surface area contributed by atoms with Gasteiger partial charge in [-0.05, 0) is 80.5 Å². The lowest BCUT2D eigenvalue weighted by Crippen LogP contribution is -2.64. The van der Waals surface area contributed by atoms with Crippen molar-refractivity contribution in [2.75, 3.05) is 13.2 Å². The highest BCUT2D eigenvalue weighted by molar-refractivity contribution is 5.28. The first-order valence-corrected chi connectivity index (χ1v) is 19.9. The van der Waals surface area contributed by atoms with Gasteiger partial charge in [-0.25, -0.2) is 0 Å². The van der Waals surface area contributed by atoms with Crippen molar-refractivity contribution in [1.29, 1.82) is 0 Å². The van der Waals surface area contributed by atoms with Gasteiger partial charge in [0, 0.05) is 24.2 Å². The second-order valence-corrected chi connectivity index (χ2v) is 18.3. The molecule has 0 aromatic carbocycles. The maximum absolute atomic E-state index is 12.1. The first-order chi connectivity index (χ1) is 24.6. The number of aliphatic hydroxyl groups excluding tert-OH is 7. The molecule has 13 heteroatoms. The number of hydrogen-bond acceptors (Lipinski definition) is 13. The summed E-state index contributed by atoms with van der Waals surface area (Å²) in [6.07, 6.45) is -5.63. The van der Waals surface area contributed by atoms with Crippen molar-refractivity contribution < 1.29 is 64.2 Å². The van der Waals surface area contributed by atoms with Crippen LogP contribution in [0.15, 0.2) is 11.6 Å². The third-order valence-corrected chi connectivity index (χ3v) is 15.7. The van der Waals surface area contributed by atoms with Crippen LogP contribution in [-0.2, 0) is 28.4 Å². The molecule has 7 fully saturated rings. The molecule has 52 heavy (non-hydrogen) atoms. The van der Waals surface area contributed by atoms with Gasteiger partial charge in [0.25, 0.3) is 0 Å². The predicted octanol–water partition coefficient (Wildman–Crippen LogP) is 1.36. The van der Waals surface area contributed by atoms with E-state index in [0.717, 1.165) is 50.7 Å². The molecule has 0 unspecified atom stereocenters. The van der Waals surface area contributed by atoms with Crippen LogP contribution in [0, 0.1) is 46.3 Å². The van der Waals surface area contributed by atoms with Gasteiger partial charge >= 0.3 is 0 Å². The van der Waals surface area contributed by atoms with Crippen LogP contribution in [0.1, 0.15) is 86.0 Å². The standard InChI is InChI=1S/C39H62O13/c1-17-8-11-39(47-16-17)18(2)28-25(52-39)14-24-22-7-6-20-12-21(13-27(41)38(20,5)23(22)9-10-37(24,28)4)49-36-34(32(45)30(43)26(15-40)50-36)51-35-33(46)31(44)29(42)19(3)48-35/h6,17-19,21-36,40-46H,7-16H2,1-5H3/t17-,18-,19-,21+,22-,23-,24-,25-,26+,27+,28-,29-,30+,31+,32-,33+,34+,35-,36+,37-,38-,39-/m0/s1. The Hall–Kier alpha value is -0.780. The van der Waals surface area contributed by atoms with E-state index in [9.17, 15) is 35.7 Å². The summed E-state index contributed by atoms with van der Waals surface area (Å²) in [4.78, 5) is 0. The van der Waals surface area contributed by atoms with Crippen molar-refractivity contribution >= 4 is 0 Å². The quantitative estimate of drug-likeness (QED) is 0.200. The monoisotopic (exact) mass is 738 g/mol. The fourth-order valence-corrected chi connectivity index (χ4v) is 12.6. The topological polar surface area (TPSA) is 197 Å². The van der Waals surface area contributed by atoms with Crippen LogP contribution >= 0.6 is 0 Å². The lowest BCUT2D eigenvalue weighted by Gasteiger charge is -2.60. The van der Waals surface area contributed by atoms with E-state index < -0.39 is 91.4 Å². The van der Waals surface area contributed by atoms with Crippen molar-refractivity contribution in [3.8, 4) is 0 Å². The fraction of sp³-hybridized carbons (Fsp3) is 0.949. The SMILES string of the molecule is C[C@H]1CC[C@]2(OC1)O[C@H]1C[C@H]3[C@H]4CC=C5C[C@@H](O[C@@H]6O[C@H](CO)[C@@H](O)[C@H](O)[C@H]6O[C@@H]6O[C@@H](C)[C@H](O)[C@@H](O)[C@H]6O)C[C@@H](O)[C@]5(C)[C@H]4CC[C@]3(C)[C@H]1[C@@H]2C. The summed E-state index contributed by atoms with van der Waals surface area (Å²) < 4.78 is 37.4. The van der Waals surface area contributed by atoms with Gasteiger partial charge in [0.1, 0.15) is 42.7 Å². The van der Waals surface area contributed by atoms with Crippen molar-refractivity contribution in [2.45, 2.75) is 171 Å². The first-order valence-electron chi connectivity index (χ1n) is 19.9. The molecule has 8 rings (SSSR count). The molecule has 0 radical (unpaired) electrons. The van der Waals surface area contributed by atoms with Gasteiger partial charge in [-0.2, -0.15) is 0 Å². The highest BCUT2D eigenvalue weighted by Gasteiger charge is 2.69. The van der Waals surface area contributed by atoms with Gasteiger partial charge in [-0.1, -0.05) is 39.3 Å². The van der Waals surface area contributed by atoms with Crippen LogP contribution in [0.2, 0.25) is 0 Å². The average molecular weight is 739 g/mol. The molecule has 7 N–H and O–H groups in total. The number of hydrogen-bond donors (Lipinski definition) is 7. The van der Waals surface area contributed by atoms with Gasteiger partial charge in [-0.15, -0.1) is 0 Å². The zero-order valence-corrected chi connectivity index (χ0v) is 31.2. The van der Waals surface area contributed by atoms with Gasteiger partial charge < -0.3 is 64.2 Å². The van der Waals surface area contributed by atoms with Crippen molar-refractivity contribution in [2.24, 2.45) is 46.3 Å². The Morgan fingerprint density at radius 3 is 2.31 bits per heavy atom. The van der Waals surface area contributed by atoms with Crippen LogP contribution in [0.5, 0.6) is 0 Å². The lowest BCUT2D eigenvalue weighted by atomic mass is 9.46. The van der Waals surface area contributed by atoms with E-state index >= 15 is 0 Å². The van der Waals surface area contributed by atoms with E-state index in [0.29, 0.717) is 48.3 Å². The number of fused-ring (bicyclic) bond motifs is 7. The molecule has 0 aromatic rings. The van der Waals surface area contributed by atoms with E-state index in [1.54, 1.807) is 0 Å². The summed E-state index contributed by atoms with van der Waals surface area (Å²) >= 11 is 0. The Balaban J connectivity index is 0.985. The summed E-state index contributed by atoms with van der Waals surface area (Å²) in [5, 5.41) is 75.0. The molecule has 0 amide bonds. The Kier molecular flexibility index (Phi) is 10.0. The van der Waals surface area contributed by atoms with Gasteiger partial charge in [0.05, 0.1) is 37.6 Å². The number of ether oxygens (including phenoxy) is 6. The molecule has 296 valence electrons. The molecule has 4 heterocycles. The van der Waals surface area contributed by atoms with Crippen LogP contribution in [-0.4, -0.2) is 134 Å². The molecule has 13 nitrogen and oxygen atoms in total. The van der Waals surface area contributed by atoms with E-state index in [2.05, 4.69) is 33.8 Å². The Labute approximate surface area is 306 Å². The van der Waals surface area contributed by atoms with Crippen LogP contribution in [0.4, 0.5) is 0 Å². The minimum Gasteiger partial charge on any atom is -0.394 e. The second kappa shape index (κ2) is 13.7. The Morgan fingerprint density at radius 1 is 0.827 bits per heavy atom. The lowest BCUT2D eigenvalue weighted by molar-refractivity contribution is -0.370. The van der Waals surface area contributed by atoms with E-state index in [1.807, 2.05) is 0 Å². The van der Waals surface area contributed by atoms with Crippen LogP contribution in [0.3, 0.4) is 0 Å². The maximum Gasteiger partial charge on any atom is 0.187 e. The summed E-state index contributed by atoms with van der Waals surface area (Å²) in [6, 6.07) is 0. The molecular formula is C39H62O13. The smallest absolute Gasteiger partial charge is 0.187 e. The van der Waals surface area contributed by atoms with E-state index in [-0.39, 0.29) is 11.5 Å². The van der Waals surface area contributed by atoms with Gasteiger partial charge in [-0.3, -0.25) is 0 Å². The van der Waals surface area contributed by atoms with Crippen molar-refractivity contribution in [3.63, 3.8) is 0 Å².